The van der Waals surface area contributed by atoms with E-state index in [2.05, 4.69) is 10.6 Å². The van der Waals surface area contributed by atoms with Gasteiger partial charge in [0.2, 0.25) is 0 Å². The average molecular weight is 403 g/mol. The minimum Gasteiger partial charge on any atom is -0.391 e. The molecule has 3 N–H and O–H groups in total. The van der Waals surface area contributed by atoms with Gasteiger partial charge in [0.15, 0.2) is 0 Å². The summed E-state index contributed by atoms with van der Waals surface area (Å²) in [5.74, 6) is 0.478. The Balaban J connectivity index is 1.23. The molecule has 2 amide bonds. The summed E-state index contributed by atoms with van der Waals surface area (Å²) in [6.07, 6.45) is 1.73. The fourth-order valence-corrected chi connectivity index (χ4v) is 3.43. The predicted octanol–water partition coefficient (Wildman–Crippen LogP) is 3.85. The molecule has 1 fully saturated rings. The van der Waals surface area contributed by atoms with E-state index in [1.54, 1.807) is 0 Å². The third-order valence-electron chi connectivity index (χ3n) is 5.00. The SMILES string of the molecule is O=C(NCC[C@@H](O)COCc1ccccc1)NC1CC(c2ccc(Cl)cc2)C1. The molecule has 0 heterocycles. The van der Waals surface area contributed by atoms with Crippen LogP contribution in [0.15, 0.2) is 54.6 Å². The van der Waals surface area contributed by atoms with E-state index in [9.17, 15) is 9.90 Å². The van der Waals surface area contributed by atoms with E-state index < -0.39 is 6.10 Å². The van der Waals surface area contributed by atoms with Crippen LogP contribution in [0.25, 0.3) is 0 Å². The first-order chi connectivity index (χ1) is 13.6. The maximum atomic E-state index is 12.0. The van der Waals surface area contributed by atoms with Gasteiger partial charge in [-0.15, -0.1) is 0 Å². The largest absolute Gasteiger partial charge is 0.391 e. The van der Waals surface area contributed by atoms with E-state index in [1.165, 1.54) is 5.56 Å². The van der Waals surface area contributed by atoms with Crippen LogP contribution in [-0.2, 0) is 11.3 Å². The summed E-state index contributed by atoms with van der Waals surface area (Å²) in [4.78, 5) is 12.0. The van der Waals surface area contributed by atoms with Gasteiger partial charge in [-0.3, -0.25) is 0 Å². The van der Waals surface area contributed by atoms with Crippen molar-refractivity contribution in [1.82, 2.24) is 10.6 Å². The van der Waals surface area contributed by atoms with Crippen molar-refractivity contribution >= 4 is 17.6 Å². The van der Waals surface area contributed by atoms with Crippen LogP contribution in [0, 0.1) is 0 Å². The van der Waals surface area contributed by atoms with Crippen molar-refractivity contribution in [2.75, 3.05) is 13.2 Å². The Morgan fingerprint density at radius 3 is 2.57 bits per heavy atom. The summed E-state index contributed by atoms with van der Waals surface area (Å²) in [5, 5.41) is 16.5. The first-order valence-electron chi connectivity index (χ1n) is 9.69. The number of ether oxygens (including phenoxy) is 1. The summed E-state index contributed by atoms with van der Waals surface area (Å²) in [7, 11) is 0. The van der Waals surface area contributed by atoms with Gasteiger partial charge in [0.1, 0.15) is 0 Å². The number of halogens is 1. The lowest BCUT2D eigenvalue weighted by atomic mass is 9.76. The molecule has 3 rings (SSSR count). The maximum absolute atomic E-state index is 12.0. The van der Waals surface area contributed by atoms with Crippen molar-refractivity contribution in [3.8, 4) is 0 Å². The van der Waals surface area contributed by atoms with Gasteiger partial charge in [-0.2, -0.15) is 0 Å². The minimum absolute atomic E-state index is 0.183. The lowest BCUT2D eigenvalue weighted by Crippen LogP contribution is -2.48. The fourth-order valence-electron chi connectivity index (χ4n) is 3.30. The molecule has 1 atom stereocenters. The number of rotatable bonds is 9. The molecule has 28 heavy (non-hydrogen) atoms. The summed E-state index contributed by atoms with van der Waals surface area (Å²) in [6, 6.07) is 17.7. The molecule has 2 aromatic rings. The number of carbonyl (C=O) groups excluding carboxylic acids is 1. The minimum atomic E-state index is -0.595. The molecule has 1 aliphatic carbocycles. The normalized spacial score (nSPS) is 19.5. The Morgan fingerprint density at radius 1 is 1.14 bits per heavy atom. The molecule has 150 valence electrons. The second kappa shape index (κ2) is 10.5. The molecule has 0 spiro atoms. The highest BCUT2D eigenvalue weighted by molar-refractivity contribution is 6.30. The lowest BCUT2D eigenvalue weighted by Gasteiger charge is -2.36. The third kappa shape index (κ3) is 6.51. The highest BCUT2D eigenvalue weighted by atomic mass is 35.5. The number of aliphatic hydroxyl groups excluding tert-OH is 1. The smallest absolute Gasteiger partial charge is 0.315 e. The number of carbonyl (C=O) groups is 1. The standard InChI is InChI=1S/C22H27ClN2O3/c23-19-8-6-17(7-9-19)18-12-20(13-18)25-22(27)24-11-10-21(26)15-28-14-16-4-2-1-3-5-16/h1-9,18,20-21,26H,10-15H2,(H2,24,25,27)/t18?,20?,21-/m1/s1. The van der Waals surface area contributed by atoms with E-state index >= 15 is 0 Å². The molecule has 0 aromatic heterocycles. The molecule has 1 aliphatic rings. The zero-order valence-corrected chi connectivity index (χ0v) is 16.6. The molecule has 6 heteroatoms. The van der Waals surface area contributed by atoms with Gasteiger partial charge in [0, 0.05) is 17.6 Å². The van der Waals surface area contributed by atoms with Gasteiger partial charge in [0.05, 0.1) is 19.3 Å². The van der Waals surface area contributed by atoms with Crippen molar-refractivity contribution < 1.29 is 14.6 Å². The van der Waals surface area contributed by atoms with Crippen LogP contribution in [0.2, 0.25) is 5.02 Å². The predicted molar refractivity (Wildman–Crippen MR) is 110 cm³/mol. The number of urea groups is 1. The van der Waals surface area contributed by atoms with Crippen molar-refractivity contribution in [3.63, 3.8) is 0 Å². The molecule has 2 aromatic carbocycles. The maximum Gasteiger partial charge on any atom is 0.315 e. The molecule has 0 unspecified atom stereocenters. The Morgan fingerprint density at radius 2 is 1.86 bits per heavy atom. The van der Waals surface area contributed by atoms with Gasteiger partial charge < -0.3 is 20.5 Å². The highest BCUT2D eigenvalue weighted by Crippen LogP contribution is 2.37. The van der Waals surface area contributed by atoms with Crippen molar-refractivity contribution in [2.45, 2.75) is 43.9 Å². The number of hydrogen-bond acceptors (Lipinski definition) is 3. The summed E-state index contributed by atoms with van der Waals surface area (Å²) >= 11 is 5.91. The Bertz CT molecular complexity index is 733. The molecular weight excluding hydrogens is 376 g/mol. The summed E-state index contributed by atoms with van der Waals surface area (Å²) < 4.78 is 5.50. The van der Waals surface area contributed by atoms with Gasteiger partial charge >= 0.3 is 6.03 Å². The van der Waals surface area contributed by atoms with E-state index in [-0.39, 0.29) is 18.7 Å². The Hall–Kier alpha value is -2.08. The fraction of sp³-hybridized carbons (Fsp3) is 0.409. The topological polar surface area (TPSA) is 70.6 Å². The monoisotopic (exact) mass is 402 g/mol. The zero-order chi connectivity index (χ0) is 19.8. The number of aliphatic hydroxyl groups is 1. The molecule has 0 aliphatic heterocycles. The second-order valence-corrected chi connectivity index (χ2v) is 7.70. The van der Waals surface area contributed by atoms with Crippen LogP contribution in [0.1, 0.15) is 36.3 Å². The van der Waals surface area contributed by atoms with E-state index in [0.29, 0.717) is 25.5 Å². The number of hydrogen-bond donors (Lipinski definition) is 3. The van der Waals surface area contributed by atoms with E-state index in [0.717, 1.165) is 23.4 Å². The van der Waals surface area contributed by atoms with E-state index in [1.807, 2.05) is 54.6 Å². The first-order valence-corrected chi connectivity index (χ1v) is 10.1. The summed E-state index contributed by atoms with van der Waals surface area (Å²) in [5.41, 5.74) is 2.34. The molecule has 0 bridgehead atoms. The van der Waals surface area contributed by atoms with Gasteiger partial charge in [-0.05, 0) is 48.4 Å². The third-order valence-corrected chi connectivity index (χ3v) is 5.25. The van der Waals surface area contributed by atoms with Crippen LogP contribution in [0.4, 0.5) is 4.79 Å². The van der Waals surface area contributed by atoms with E-state index in [4.69, 9.17) is 16.3 Å². The van der Waals surface area contributed by atoms with Gasteiger partial charge in [-0.1, -0.05) is 54.1 Å². The quantitative estimate of drug-likeness (QED) is 0.596. The van der Waals surface area contributed by atoms with Gasteiger partial charge in [-0.25, -0.2) is 4.79 Å². The molecule has 5 nitrogen and oxygen atoms in total. The average Bonchev–Trinajstić information content (AvgIpc) is 2.66. The van der Waals surface area contributed by atoms with Crippen molar-refractivity contribution in [2.24, 2.45) is 0 Å². The Labute approximate surface area is 171 Å². The molecule has 0 radical (unpaired) electrons. The van der Waals surface area contributed by atoms with Crippen LogP contribution < -0.4 is 10.6 Å². The zero-order valence-electron chi connectivity index (χ0n) is 15.8. The summed E-state index contributed by atoms with van der Waals surface area (Å²) in [6.45, 7) is 1.14. The molecule has 0 saturated heterocycles. The second-order valence-electron chi connectivity index (χ2n) is 7.26. The van der Waals surface area contributed by atoms with Gasteiger partial charge in [0.25, 0.3) is 0 Å². The van der Waals surface area contributed by atoms with Crippen molar-refractivity contribution in [1.29, 1.82) is 0 Å². The van der Waals surface area contributed by atoms with Crippen molar-refractivity contribution in [3.05, 3.63) is 70.7 Å². The number of nitrogens with one attached hydrogen (secondary N) is 2. The number of benzene rings is 2. The Kier molecular flexibility index (Phi) is 7.71. The molecular formula is C22H27ClN2O3. The lowest BCUT2D eigenvalue weighted by molar-refractivity contribution is 0.0250. The van der Waals surface area contributed by atoms with Crippen LogP contribution in [-0.4, -0.2) is 36.4 Å². The molecule has 1 saturated carbocycles. The van der Waals surface area contributed by atoms with Crippen LogP contribution in [0.3, 0.4) is 0 Å². The highest BCUT2D eigenvalue weighted by Gasteiger charge is 2.31. The first kappa shape index (κ1) is 20.6. The van der Waals surface area contributed by atoms with Crippen LogP contribution >= 0.6 is 11.6 Å². The van der Waals surface area contributed by atoms with Crippen LogP contribution in [0.5, 0.6) is 0 Å². The number of amides is 2.